The average molecular weight is 877 g/mol. The van der Waals surface area contributed by atoms with E-state index in [9.17, 15) is 78.9 Å². The Morgan fingerprint density at radius 3 is 1.35 bits per heavy atom. The van der Waals surface area contributed by atoms with Crippen LogP contribution in [0.5, 0.6) is 0 Å². The normalized spacial score (nSPS) is 15.3. The van der Waals surface area contributed by atoms with Gasteiger partial charge in [-0.15, -0.1) is 0 Å². The molecule has 2 amide bonds. The molecule has 0 aliphatic carbocycles. The molecule has 1 fully saturated rings. The number of benzene rings is 1. The lowest BCUT2D eigenvalue weighted by atomic mass is 10.1. The standard InChI is InChI=1S/C36H53N9O17/c46-27(16-40-5-7-41(17-28(47)48)9-11-43(19-30(51)52)12-10-42(8-6-40)18-29(49)50)39-26-14-24(35(61)37-1-3-44(20-31(53)54)21-32(55)56)13-25(15-26)36(62)38-2-4-45(22-33(57)58)23-34(59)60/h13-15H,1-12,16-23H2,(H,37,61)(H,38,62)(H,39,46)(H,47,48)(H,49,50)(H,51,52)(H,53,54)(H,55,56)(H,57,58)(H,59,60)/p-7. The number of amides is 2. The van der Waals surface area contributed by atoms with E-state index in [2.05, 4.69) is 15.6 Å². The topological polar surface area (TPSA) is 391 Å². The van der Waals surface area contributed by atoms with Crippen molar-refractivity contribution < 1.29 is 84.0 Å². The number of hydrogen-bond donors (Lipinski definition) is 3. The monoisotopic (exact) mass is 876 g/mol. The summed E-state index contributed by atoms with van der Waals surface area (Å²) in [6.07, 6.45) is 0. The lowest BCUT2D eigenvalue weighted by molar-refractivity contribution is -0.311. The van der Waals surface area contributed by atoms with E-state index in [0.717, 1.165) is 28.0 Å². The van der Waals surface area contributed by atoms with Crippen LogP contribution in [0.2, 0.25) is 0 Å². The summed E-state index contributed by atoms with van der Waals surface area (Å²) in [5.74, 6) is -13.0. The number of aliphatic carboxylic acids is 7. The number of aliphatic imine (C=N–C) groups is 1. The molecule has 1 aromatic rings. The lowest BCUT2D eigenvalue weighted by Crippen LogP contribution is -2.51. The van der Waals surface area contributed by atoms with Gasteiger partial charge in [0.1, 0.15) is 0 Å². The molecule has 62 heavy (non-hydrogen) atoms. The summed E-state index contributed by atoms with van der Waals surface area (Å²) < 4.78 is 0. The Morgan fingerprint density at radius 2 is 0.952 bits per heavy atom. The van der Waals surface area contributed by atoms with Gasteiger partial charge in [0, 0.05) is 123 Å². The molecule has 0 aromatic heterocycles. The van der Waals surface area contributed by atoms with Gasteiger partial charge in [0.15, 0.2) is 0 Å². The number of hydrogen-bond acceptors (Lipinski definition) is 23. The number of anilines is 1. The number of carboxylic acids is 7. The highest BCUT2D eigenvalue weighted by Crippen LogP contribution is 2.16. The zero-order valence-corrected chi connectivity index (χ0v) is 33.5. The molecule has 0 atom stereocenters. The number of nitrogens with zero attached hydrogens (tertiary/aromatic N) is 7. The van der Waals surface area contributed by atoms with Gasteiger partial charge in [-0.25, -0.2) is 0 Å². The molecular formula is C36H46N9O17-7. The molecule has 1 saturated heterocycles. The van der Waals surface area contributed by atoms with Gasteiger partial charge < -0.3 is 80.3 Å². The number of carboxylic acid groups (broad SMARTS) is 7. The van der Waals surface area contributed by atoms with Gasteiger partial charge in [-0.2, -0.15) is 0 Å². The molecule has 0 unspecified atom stereocenters. The molecule has 1 aliphatic rings. The van der Waals surface area contributed by atoms with Crippen LogP contribution in [-0.4, -0.2) is 225 Å². The van der Waals surface area contributed by atoms with Crippen molar-refractivity contribution in [2.45, 2.75) is 0 Å². The maximum absolute atomic E-state index is 13.5. The highest BCUT2D eigenvalue weighted by molar-refractivity contribution is 6.02. The van der Waals surface area contributed by atoms with Crippen LogP contribution in [0.1, 0.15) is 15.9 Å². The van der Waals surface area contributed by atoms with Gasteiger partial charge in [-0.05, 0) is 29.7 Å². The average Bonchev–Trinajstić information content (AvgIpc) is 3.13. The predicted molar refractivity (Wildman–Crippen MR) is 195 cm³/mol. The van der Waals surface area contributed by atoms with Crippen LogP contribution in [-0.2, 0) is 38.4 Å². The molecule has 0 radical (unpaired) electrons. The SMILES string of the molecule is O=C([O-])CN1CCN(CC(=O)[O-])CCN(CC(=O)Nc2cc(C(=O)NCCN(CC(=O)[O-])CC(=O)[O-])cc(C([O-])=NCCN(CC(=O)[O-])CC(=O)O)c2)CCN(CC(=O)[O-])CC1. The fourth-order valence-electron chi connectivity index (χ4n) is 6.10. The third-order valence-electron chi connectivity index (χ3n) is 8.88. The van der Waals surface area contributed by atoms with Crippen molar-refractivity contribution in [3.63, 3.8) is 0 Å². The van der Waals surface area contributed by atoms with Crippen molar-refractivity contribution in [1.82, 2.24) is 34.7 Å². The zero-order chi connectivity index (χ0) is 46.4. The van der Waals surface area contributed by atoms with Gasteiger partial charge in [0.25, 0.3) is 5.91 Å². The number of carbonyl (C=O) groups is 9. The molecule has 1 aromatic carbocycles. The molecule has 26 heteroatoms. The first-order chi connectivity index (χ1) is 29.2. The molecule has 26 nitrogen and oxygen atoms in total. The van der Waals surface area contributed by atoms with E-state index in [1.54, 1.807) is 4.90 Å². The molecular weight excluding hydrogens is 830 g/mol. The van der Waals surface area contributed by atoms with Gasteiger partial charge >= 0.3 is 5.97 Å². The third kappa shape index (κ3) is 22.3. The van der Waals surface area contributed by atoms with Crippen LogP contribution in [0.15, 0.2) is 23.2 Å². The second kappa shape index (κ2) is 26.8. The summed E-state index contributed by atoms with van der Waals surface area (Å²) in [7, 11) is 0. The summed E-state index contributed by atoms with van der Waals surface area (Å²) in [6.45, 7) is -6.00. The lowest BCUT2D eigenvalue weighted by Gasteiger charge is -2.34. The minimum atomic E-state index is -1.60. The fourth-order valence-corrected chi connectivity index (χ4v) is 6.10. The Kier molecular flexibility index (Phi) is 22.4. The van der Waals surface area contributed by atoms with E-state index < -0.39 is 118 Å². The Morgan fingerprint density at radius 1 is 0.548 bits per heavy atom. The predicted octanol–water partition coefficient (Wildman–Crippen LogP) is -13.1. The van der Waals surface area contributed by atoms with Crippen molar-refractivity contribution >= 4 is 65.2 Å². The molecule has 2 rings (SSSR count). The van der Waals surface area contributed by atoms with Crippen LogP contribution >= 0.6 is 0 Å². The van der Waals surface area contributed by atoms with Crippen molar-refractivity contribution in [2.75, 3.05) is 136 Å². The molecule has 0 spiro atoms. The molecule has 3 N–H and O–H groups in total. The van der Waals surface area contributed by atoms with Crippen molar-refractivity contribution in [2.24, 2.45) is 4.99 Å². The fraction of sp³-hybridized carbons (Fsp3) is 0.556. The van der Waals surface area contributed by atoms with Crippen LogP contribution in [0.3, 0.4) is 0 Å². The quantitative estimate of drug-likeness (QED) is 0.0606. The van der Waals surface area contributed by atoms with Crippen LogP contribution in [0.4, 0.5) is 5.69 Å². The van der Waals surface area contributed by atoms with Crippen molar-refractivity contribution in [3.05, 3.63) is 29.3 Å². The minimum Gasteiger partial charge on any atom is -0.858 e. The first kappa shape index (κ1) is 51.8. The largest absolute Gasteiger partial charge is 0.858 e. The number of rotatable bonds is 25. The van der Waals surface area contributed by atoms with Gasteiger partial charge in [-0.3, -0.25) is 48.8 Å². The molecule has 344 valence electrons. The van der Waals surface area contributed by atoms with Crippen LogP contribution in [0.25, 0.3) is 0 Å². The second-order valence-electron chi connectivity index (χ2n) is 13.9. The first-order valence-electron chi connectivity index (χ1n) is 18.9. The Hall–Kier alpha value is -6.32. The highest BCUT2D eigenvalue weighted by atomic mass is 16.4. The van der Waals surface area contributed by atoms with Crippen LogP contribution in [0, 0.1) is 0 Å². The second-order valence-corrected chi connectivity index (χ2v) is 13.9. The van der Waals surface area contributed by atoms with E-state index >= 15 is 0 Å². The highest BCUT2D eigenvalue weighted by Gasteiger charge is 2.20. The van der Waals surface area contributed by atoms with Crippen molar-refractivity contribution in [3.8, 4) is 0 Å². The van der Waals surface area contributed by atoms with E-state index in [1.807, 2.05) is 0 Å². The molecule has 0 bridgehead atoms. The number of nitrogens with one attached hydrogen (secondary N) is 2. The summed E-state index contributed by atoms with van der Waals surface area (Å²) in [4.78, 5) is 117. The maximum Gasteiger partial charge on any atom is 0.317 e. The van der Waals surface area contributed by atoms with Crippen LogP contribution < -0.4 is 46.4 Å². The van der Waals surface area contributed by atoms with Gasteiger partial charge in [0.2, 0.25) is 5.91 Å². The Labute approximate surface area is 354 Å². The van der Waals surface area contributed by atoms with E-state index in [1.165, 1.54) is 14.7 Å². The van der Waals surface area contributed by atoms with Gasteiger partial charge in [-0.1, -0.05) is 0 Å². The Bertz CT molecular complexity index is 1730. The zero-order valence-electron chi connectivity index (χ0n) is 33.5. The van der Waals surface area contributed by atoms with E-state index in [-0.39, 0.29) is 88.8 Å². The summed E-state index contributed by atoms with van der Waals surface area (Å²) >= 11 is 0. The molecule has 1 aliphatic heterocycles. The summed E-state index contributed by atoms with van der Waals surface area (Å²) in [6, 6.07) is 3.39. The maximum atomic E-state index is 13.5. The summed E-state index contributed by atoms with van der Waals surface area (Å²) in [5, 5.41) is 94.8. The van der Waals surface area contributed by atoms with E-state index in [4.69, 9.17) is 5.11 Å². The third-order valence-corrected chi connectivity index (χ3v) is 8.88. The summed E-state index contributed by atoms with van der Waals surface area (Å²) in [5.41, 5.74) is -0.643. The first-order valence-corrected chi connectivity index (χ1v) is 18.9. The van der Waals surface area contributed by atoms with E-state index in [0.29, 0.717) is 0 Å². The molecule has 1 heterocycles. The van der Waals surface area contributed by atoms with Crippen molar-refractivity contribution in [1.29, 1.82) is 0 Å². The number of carbonyl (C=O) groups excluding carboxylic acids is 8. The van der Waals surface area contributed by atoms with Gasteiger partial charge in [0.05, 0.1) is 55.5 Å². The smallest absolute Gasteiger partial charge is 0.317 e. The molecule has 0 saturated carbocycles. The Balaban J connectivity index is 2.40. The minimum absolute atomic E-state index is 0.0347.